The lowest BCUT2D eigenvalue weighted by molar-refractivity contribution is -0.116. The molecule has 0 spiro atoms. The van der Waals surface area contributed by atoms with E-state index >= 15 is 0 Å². The number of amides is 1. The Morgan fingerprint density at radius 3 is 3.12 bits per heavy atom. The Morgan fingerprint density at radius 1 is 1.56 bits per heavy atom. The van der Waals surface area contributed by atoms with Crippen molar-refractivity contribution >= 4 is 39.3 Å². The van der Waals surface area contributed by atoms with Crippen molar-refractivity contribution in [3.63, 3.8) is 0 Å². The van der Waals surface area contributed by atoms with Crippen molar-refractivity contribution in [2.45, 2.75) is 11.3 Å². The summed E-state index contributed by atoms with van der Waals surface area (Å²) in [6.45, 7) is 4.41. The zero-order valence-electron chi connectivity index (χ0n) is 8.78. The summed E-state index contributed by atoms with van der Waals surface area (Å²) in [5, 5.41) is 0. The summed E-state index contributed by atoms with van der Waals surface area (Å²) in [4.78, 5) is 14.8. The van der Waals surface area contributed by atoms with Crippen LogP contribution >= 0.6 is 27.7 Å². The van der Waals surface area contributed by atoms with Crippen LogP contribution in [0.2, 0.25) is 0 Å². The van der Waals surface area contributed by atoms with Crippen molar-refractivity contribution in [1.29, 1.82) is 0 Å². The van der Waals surface area contributed by atoms with Crippen molar-refractivity contribution in [3.8, 4) is 0 Å². The molecule has 0 saturated carbocycles. The molecule has 0 saturated heterocycles. The van der Waals surface area contributed by atoms with Gasteiger partial charge in [0, 0.05) is 15.9 Å². The van der Waals surface area contributed by atoms with Crippen LogP contribution in [0.4, 0.5) is 5.69 Å². The molecule has 2 nitrogen and oxygen atoms in total. The van der Waals surface area contributed by atoms with Crippen LogP contribution < -0.4 is 4.90 Å². The predicted octanol–water partition coefficient (Wildman–Crippen LogP) is 3.46. The Bertz CT molecular complexity index is 433. The van der Waals surface area contributed by atoms with Crippen LogP contribution in [0.25, 0.3) is 0 Å². The van der Waals surface area contributed by atoms with Gasteiger partial charge in [0.1, 0.15) is 0 Å². The molecule has 1 aromatic rings. The zero-order valence-corrected chi connectivity index (χ0v) is 11.2. The van der Waals surface area contributed by atoms with Crippen molar-refractivity contribution in [2.75, 3.05) is 17.2 Å². The van der Waals surface area contributed by atoms with Crippen LogP contribution in [-0.4, -0.2) is 18.2 Å². The van der Waals surface area contributed by atoms with E-state index in [1.807, 2.05) is 23.1 Å². The highest BCUT2D eigenvalue weighted by molar-refractivity contribution is 9.10. The van der Waals surface area contributed by atoms with Crippen molar-refractivity contribution in [1.82, 2.24) is 0 Å². The van der Waals surface area contributed by atoms with Gasteiger partial charge in [-0.2, -0.15) is 0 Å². The van der Waals surface area contributed by atoms with Crippen LogP contribution in [0.1, 0.15) is 6.42 Å². The first-order valence-electron chi connectivity index (χ1n) is 5.06. The van der Waals surface area contributed by atoms with Crippen molar-refractivity contribution in [3.05, 3.63) is 35.3 Å². The number of hydrogen-bond donors (Lipinski definition) is 0. The van der Waals surface area contributed by atoms with E-state index in [9.17, 15) is 4.79 Å². The Morgan fingerprint density at radius 2 is 2.38 bits per heavy atom. The summed E-state index contributed by atoms with van der Waals surface area (Å²) < 4.78 is 1.00. The number of carbonyl (C=O) groups is 1. The minimum absolute atomic E-state index is 0.178. The van der Waals surface area contributed by atoms with Crippen molar-refractivity contribution in [2.24, 2.45) is 0 Å². The first kappa shape index (κ1) is 11.7. The standard InChI is InChI=1S/C12H12BrNOS/c1-2-3-6-14-10-7-9(13)4-5-11(10)16-8-12(14)15/h2,4-5,7H,1,3,6,8H2. The Labute approximate surface area is 108 Å². The van der Waals surface area contributed by atoms with Crippen molar-refractivity contribution < 1.29 is 4.79 Å². The molecule has 0 aromatic heterocycles. The fourth-order valence-corrected chi connectivity index (χ4v) is 2.91. The maximum atomic E-state index is 11.8. The van der Waals surface area contributed by atoms with Gasteiger partial charge in [0.25, 0.3) is 0 Å². The number of rotatable bonds is 3. The molecule has 0 radical (unpaired) electrons. The van der Waals surface area contributed by atoms with Gasteiger partial charge >= 0.3 is 0 Å². The van der Waals surface area contributed by atoms with E-state index < -0.39 is 0 Å². The molecule has 0 N–H and O–H groups in total. The van der Waals surface area contributed by atoms with Crippen LogP contribution in [0.15, 0.2) is 40.2 Å². The van der Waals surface area contributed by atoms with Crippen LogP contribution in [0.5, 0.6) is 0 Å². The second-order valence-electron chi connectivity index (χ2n) is 3.52. The molecule has 0 atom stereocenters. The molecule has 1 heterocycles. The largest absolute Gasteiger partial charge is 0.310 e. The SMILES string of the molecule is C=CCCN1C(=O)CSc2ccc(Br)cc21. The molecular formula is C12H12BrNOS. The molecular weight excluding hydrogens is 286 g/mol. The van der Waals surface area contributed by atoms with Gasteiger partial charge < -0.3 is 4.90 Å². The number of benzene rings is 1. The van der Waals surface area contributed by atoms with Gasteiger partial charge in [-0.25, -0.2) is 0 Å². The molecule has 0 unspecified atom stereocenters. The molecule has 1 aromatic carbocycles. The van der Waals surface area contributed by atoms with E-state index in [4.69, 9.17) is 0 Å². The quantitative estimate of drug-likeness (QED) is 0.796. The highest BCUT2D eigenvalue weighted by Gasteiger charge is 2.23. The molecule has 0 bridgehead atoms. The van der Waals surface area contributed by atoms with E-state index in [1.54, 1.807) is 11.8 Å². The van der Waals surface area contributed by atoms with Gasteiger partial charge in [-0.1, -0.05) is 22.0 Å². The first-order valence-corrected chi connectivity index (χ1v) is 6.84. The van der Waals surface area contributed by atoms with Crippen LogP contribution in [0, 0.1) is 0 Å². The topological polar surface area (TPSA) is 20.3 Å². The number of halogens is 1. The molecule has 1 aliphatic heterocycles. The lowest BCUT2D eigenvalue weighted by Crippen LogP contribution is -2.35. The average molecular weight is 298 g/mol. The summed E-state index contributed by atoms with van der Waals surface area (Å²) in [5.41, 5.74) is 1.01. The molecule has 4 heteroatoms. The van der Waals surface area contributed by atoms with E-state index in [2.05, 4.69) is 28.6 Å². The zero-order chi connectivity index (χ0) is 11.5. The van der Waals surface area contributed by atoms with Gasteiger partial charge in [-0.15, -0.1) is 18.3 Å². The molecule has 0 fully saturated rings. The minimum Gasteiger partial charge on any atom is -0.310 e. The van der Waals surface area contributed by atoms with Gasteiger partial charge in [0.2, 0.25) is 5.91 Å². The third kappa shape index (κ3) is 2.33. The lowest BCUT2D eigenvalue weighted by Gasteiger charge is -2.28. The Balaban J connectivity index is 2.34. The average Bonchev–Trinajstić information content (AvgIpc) is 2.28. The summed E-state index contributed by atoms with van der Waals surface area (Å²) in [7, 11) is 0. The maximum Gasteiger partial charge on any atom is 0.237 e. The second kappa shape index (κ2) is 5.06. The number of fused-ring (bicyclic) bond motifs is 1. The molecule has 1 amide bonds. The van der Waals surface area contributed by atoms with Gasteiger partial charge in [0.05, 0.1) is 11.4 Å². The molecule has 84 valence electrons. The fourth-order valence-electron chi connectivity index (χ4n) is 1.64. The van der Waals surface area contributed by atoms with E-state index in [-0.39, 0.29) is 5.91 Å². The Hall–Kier alpha value is -0.740. The Kier molecular flexibility index (Phi) is 3.71. The van der Waals surface area contributed by atoms with E-state index in [0.717, 1.165) is 16.6 Å². The summed E-state index contributed by atoms with van der Waals surface area (Å²) >= 11 is 5.04. The van der Waals surface area contributed by atoms with Gasteiger partial charge in [0.15, 0.2) is 0 Å². The number of carbonyl (C=O) groups excluding carboxylic acids is 1. The number of thioether (sulfide) groups is 1. The van der Waals surface area contributed by atoms with E-state index in [0.29, 0.717) is 12.3 Å². The summed E-state index contributed by atoms with van der Waals surface area (Å²) in [6.07, 6.45) is 2.66. The first-order chi connectivity index (χ1) is 7.72. The number of anilines is 1. The maximum absolute atomic E-state index is 11.8. The summed E-state index contributed by atoms with van der Waals surface area (Å²) in [5.74, 6) is 0.712. The lowest BCUT2D eigenvalue weighted by atomic mass is 10.2. The minimum atomic E-state index is 0.178. The molecule has 16 heavy (non-hydrogen) atoms. The number of hydrogen-bond acceptors (Lipinski definition) is 2. The van der Waals surface area contributed by atoms with Gasteiger partial charge in [-0.3, -0.25) is 4.79 Å². The summed E-state index contributed by atoms with van der Waals surface area (Å²) in [6, 6.07) is 6.06. The smallest absolute Gasteiger partial charge is 0.237 e. The predicted molar refractivity (Wildman–Crippen MR) is 72.0 cm³/mol. The van der Waals surface area contributed by atoms with Crippen LogP contribution in [-0.2, 0) is 4.79 Å². The normalized spacial score (nSPS) is 14.8. The molecule has 1 aliphatic rings. The third-order valence-electron chi connectivity index (χ3n) is 2.42. The van der Waals surface area contributed by atoms with E-state index in [1.165, 1.54) is 4.90 Å². The highest BCUT2D eigenvalue weighted by Crippen LogP contribution is 2.37. The van der Waals surface area contributed by atoms with Crippen LogP contribution in [0.3, 0.4) is 0 Å². The number of nitrogens with zero attached hydrogens (tertiary/aromatic N) is 1. The highest BCUT2D eigenvalue weighted by atomic mass is 79.9. The molecule has 0 aliphatic carbocycles. The fraction of sp³-hybridized carbons (Fsp3) is 0.250. The molecule has 2 rings (SSSR count). The third-order valence-corrected chi connectivity index (χ3v) is 3.96. The monoisotopic (exact) mass is 297 g/mol. The second-order valence-corrected chi connectivity index (χ2v) is 5.46. The van der Waals surface area contributed by atoms with Gasteiger partial charge in [-0.05, 0) is 24.6 Å².